The van der Waals surface area contributed by atoms with E-state index >= 15 is 0 Å². The lowest BCUT2D eigenvalue weighted by molar-refractivity contribution is -0.192. The average molecular weight is 378 g/mol. The van der Waals surface area contributed by atoms with Crippen molar-refractivity contribution >= 4 is 12.2 Å². The zero-order chi connectivity index (χ0) is 19.5. The zero-order valence-electron chi connectivity index (χ0n) is 16.2. The van der Waals surface area contributed by atoms with E-state index in [-0.39, 0.29) is 12.3 Å². The van der Waals surface area contributed by atoms with Crippen LogP contribution in [0.2, 0.25) is 0 Å². The SMILES string of the molecule is CC(C)(C(=O)n1ccc(C2CCNCC2)n1)C(O)(CC=O)N1CCOCC1. The molecular formula is C19H30N4O4. The summed E-state index contributed by atoms with van der Waals surface area (Å²) in [7, 11) is 0. The number of carbonyl (C=O) groups is 2. The standard InChI is InChI=1S/C19H30N4O4/c1-18(2,19(26,6-12-24)22-10-13-27-14-11-22)17(25)23-9-5-16(21-23)15-3-7-20-8-4-15/h5,9,12,15,20,26H,3-4,6-8,10-11,13-14H2,1-2H3. The Morgan fingerprint density at radius 1 is 1.37 bits per heavy atom. The van der Waals surface area contributed by atoms with E-state index in [9.17, 15) is 14.7 Å². The first kappa shape index (κ1) is 20.1. The van der Waals surface area contributed by atoms with Gasteiger partial charge in [0, 0.05) is 31.6 Å². The molecule has 150 valence electrons. The number of morpholine rings is 1. The van der Waals surface area contributed by atoms with Gasteiger partial charge in [-0.05, 0) is 45.8 Å². The molecule has 0 spiro atoms. The molecule has 1 aromatic heterocycles. The number of hydrogen-bond acceptors (Lipinski definition) is 7. The highest BCUT2D eigenvalue weighted by molar-refractivity contribution is 5.85. The van der Waals surface area contributed by atoms with E-state index in [0.29, 0.717) is 38.5 Å². The molecule has 0 saturated carbocycles. The molecule has 2 fully saturated rings. The summed E-state index contributed by atoms with van der Waals surface area (Å²) in [6.45, 7) is 7.14. The Morgan fingerprint density at radius 2 is 2.04 bits per heavy atom. The van der Waals surface area contributed by atoms with Crippen LogP contribution in [0, 0.1) is 5.41 Å². The monoisotopic (exact) mass is 378 g/mol. The Hall–Kier alpha value is -1.61. The van der Waals surface area contributed by atoms with Gasteiger partial charge in [0.1, 0.15) is 12.0 Å². The van der Waals surface area contributed by atoms with Crippen LogP contribution in [0.5, 0.6) is 0 Å². The Balaban J connectivity index is 1.84. The van der Waals surface area contributed by atoms with Crippen molar-refractivity contribution < 1.29 is 19.4 Å². The quantitative estimate of drug-likeness (QED) is 0.701. The summed E-state index contributed by atoms with van der Waals surface area (Å²) in [5.74, 6) is 0.0232. The van der Waals surface area contributed by atoms with Crippen LogP contribution in [0.15, 0.2) is 12.3 Å². The van der Waals surface area contributed by atoms with Crippen molar-refractivity contribution in [3.63, 3.8) is 0 Å². The van der Waals surface area contributed by atoms with Crippen LogP contribution < -0.4 is 5.32 Å². The first-order valence-electron chi connectivity index (χ1n) is 9.70. The number of ether oxygens (including phenoxy) is 1. The van der Waals surface area contributed by atoms with E-state index in [1.807, 2.05) is 6.07 Å². The van der Waals surface area contributed by atoms with Crippen LogP contribution in [-0.2, 0) is 9.53 Å². The summed E-state index contributed by atoms with van der Waals surface area (Å²) < 4.78 is 6.68. The highest BCUT2D eigenvalue weighted by Gasteiger charge is 2.53. The van der Waals surface area contributed by atoms with E-state index in [0.717, 1.165) is 31.6 Å². The Morgan fingerprint density at radius 3 is 2.67 bits per heavy atom. The Labute approximate surface area is 159 Å². The lowest BCUT2D eigenvalue weighted by atomic mass is 9.77. The molecule has 3 heterocycles. The van der Waals surface area contributed by atoms with Crippen LogP contribution in [0.25, 0.3) is 0 Å². The zero-order valence-corrected chi connectivity index (χ0v) is 16.2. The number of hydrogen-bond donors (Lipinski definition) is 2. The maximum Gasteiger partial charge on any atom is 0.256 e. The van der Waals surface area contributed by atoms with Crippen LogP contribution >= 0.6 is 0 Å². The minimum Gasteiger partial charge on any atom is -0.379 e. The summed E-state index contributed by atoms with van der Waals surface area (Å²) in [6.07, 6.45) is 4.19. The van der Waals surface area contributed by atoms with Crippen molar-refractivity contribution in [1.29, 1.82) is 0 Å². The average Bonchev–Trinajstić information content (AvgIpc) is 3.19. The molecule has 0 amide bonds. The number of carbonyl (C=O) groups excluding carboxylic acids is 2. The van der Waals surface area contributed by atoms with Crippen molar-refractivity contribution in [1.82, 2.24) is 20.0 Å². The maximum atomic E-state index is 13.3. The molecular weight excluding hydrogens is 348 g/mol. The predicted octanol–water partition coefficient (Wildman–Crippen LogP) is 0.626. The van der Waals surface area contributed by atoms with Gasteiger partial charge in [-0.15, -0.1) is 0 Å². The van der Waals surface area contributed by atoms with E-state index in [1.54, 1.807) is 24.9 Å². The lowest BCUT2D eigenvalue weighted by Crippen LogP contribution is -2.64. The number of aromatic nitrogens is 2. The van der Waals surface area contributed by atoms with Crippen LogP contribution in [0.4, 0.5) is 0 Å². The van der Waals surface area contributed by atoms with Crippen molar-refractivity contribution in [2.24, 2.45) is 5.41 Å². The second-order valence-electron chi connectivity index (χ2n) is 7.93. The predicted molar refractivity (Wildman–Crippen MR) is 99.5 cm³/mol. The number of nitrogens with one attached hydrogen (secondary N) is 1. The molecule has 2 saturated heterocycles. The van der Waals surface area contributed by atoms with Gasteiger partial charge in [-0.2, -0.15) is 5.10 Å². The van der Waals surface area contributed by atoms with Gasteiger partial charge in [-0.3, -0.25) is 9.69 Å². The first-order chi connectivity index (χ1) is 12.9. The second-order valence-corrected chi connectivity index (χ2v) is 7.93. The minimum absolute atomic E-state index is 0.145. The van der Waals surface area contributed by atoms with Crippen molar-refractivity contribution in [3.8, 4) is 0 Å². The van der Waals surface area contributed by atoms with Gasteiger partial charge in [0.2, 0.25) is 0 Å². The van der Waals surface area contributed by atoms with E-state index < -0.39 is 11.1 Å². The molecule has 1 unspecified atom stereocenters. The largest absolute Gasteiger partial charge is 0.379 e. The molecule has 0 radical (unpaired) electrons. The number of nitrogens with zero attached hydrogens (tertiary/aromatic N) is 3. The Bertz CT molecular complexity index is 662. The molecule has 1 aromatic rings. The molecule has 0 aliphatic carbocycles. The molecule has 3 rings (SSSR count). The topological polar surface area (TPSA) is 96.7 Å². The molecule has 8 nitrogen and oxygen atoms in total. The summed E-state index contributed by atoms with van der Waals surface area (Å²) in [4.78, 5) is 26.4. The van der Waals surface area contributed by atoms with E-state index in [1.165, 1.54) is 4.68 Å². The molecule has 2 N–H and O–H groups in total. The minimum atomic E-state index is -1.59. The summed E-state index contributed by atoms with van der Waals surface area (Å²) >= 11 is 0. The first-order valence-corrected chi connectivity index (χ1v) is 9.70. The summed E-state index contributed by atoms with van der Waals surface area (Å²) in [6, 6.07) is 1.89. The van der Waals surface area contributed by atoms with E-state index in [2.05, 4.69) is 10.4 Å². The smallest absolute Gasteiger partial charge is 0.256 e. The van der Waals surface area contributed by atoms with Gasteiger partial charge in [0.05, 0.1) is 24.3 Å². The highest BCUT2D eigenvalue weighted by Crippen LogP contribution is 2.38. The second kappa shape index (κ2) is 8.18. The van der Waals surface area contributed by atoms with Gasteiger partial charge in [-0.25, -0.2) is 4.68 Å². The van der Waals surface area contributed by atoms with Gasteiger partial charge in [0.25, 0.3) is 5.91 Å². The molecule has 2 aliphatic heterocycles. The molecule has 2 aliphatic rings. The van der Waals surface area contributed by atoms with Crippen molar-refractivity contribution in [3.05, 3.63) is 18.0 Å². The Kier molecular flexibility index (Phi) is 6.10. The fourth-order valence-electron chi connectivity index (χ4n) is 4.07. The number of aldehydes is 1. The maximum absolute atomic E-state index is 13.3. The third-order valence-electron chi connectivity index (χ3n) is 6.01. The normalized spacial score (nSPS) is 22.3. The van der Waals surface area contributed by atoms with Crippen LogP contribution in [0.3, 0.4) is 0 Å². The fourth-order valence-corrected chi connectivity index (χ4v) is 4.07. The fraction of sp³-hybridized carbons (Fsp3) is 0.737. The van der Waals surface area contributed by atoms with Crippen LogP contribution in [0.1, 0.15) is 49.5 Å². The number of rotatable bonds is 6. The van der Waals surface area contributed by atoms with E-state index in [4.69, 9.17) is 4.74 Å². The lowest BCUT2D eigenvalue weighted by Gasteiger charge is -2.48. The number of aliphatic hydroxyl groups is 1. The van der Waals surface area contributed by atoms with Gasteiger partial charge in [-0.1, -0.05) is 0 Å². The highest BCUT2D eigenvalue weighted by atomic mass is 16.5. The molecule has 0 aromatic carbocycles. The van der Waals surface area contributed by atoms with Crippen molar-refractivity contribution in [2.75, 3.05) is 39.4 Å². The van der Waals surface area contributed by atoms with Gasteiger partial charge in [0.15, 0.2) is 0 Å². The van der Waals surface area contributed by atoms with Gasteiger partial charge >= 0.3 is 0 Å². The summed E-state index contributed by atoms with van der Waals surface area (Å²) in [5, 5.41) is 19.3. The van der Waals surface area contributed by atoms with Crippen LogP contribution in [-0.4, -0.2) is 77.1 Å². The third kappa shape index (κ3) is 3.85. The van der Waals surface area contributed by atoms with Gasteiger partial charge < -0.3 is 20.0 Å². The summed E-state index contributed by atoms with van der Waals surface area (Å²) in [5.41, 5.74) is -1.90. The van der Waals surface area contributed by atoms with Crippen molar-refractivity contribution in [2.45, 2.75) is 44.8 Å². The molecule has 27 heavy (non-hydrogen) atoms. The molecule has 8 heteroatoms. The third-order valence-corrected chi connectivity index (χ3v) is 6.01. The number of piperidine rings is 1. The molecule has 1 atom stereocenters. The molecule has 0 bridgehead atoms.